The van der Waals surface area contributed by atoms with E-state index in [0.717, 1.165) is 19.4 Å². The van der Waals surface area contributed by atoms with Crippen LogP contribution in [0.1, 0.15) is 50.6 Å². The van der Waals surface area contributed by atoms with Crippen molar-refractivity contribution in [1.82, 2.24) is 14.8 Å². The summed E-state index contributed by atoms with van der Waals surface area (Å²) < 4.78 is 1.57. The molecule has 1 aromatic heterocycles. The first-order chi connectivity index (χ1) is 8.24. The van der Waals surface area contributed by atoms with Crippen LogP contribution in [0.15, 0.2) is 4.79 Å². The lowest BCUT2D eigenvalue weighted by atomic mass is 9.87. The molecule has 2 rings (SSSR count). The Balaban J connectivity index is 2.29. The second-order valence-corrected chi connectivity index (χ2v) is 4.64. The summed E-state index contributed by atoms with van der Waals surface area (Å²) in [5.41, 5.74) is 0.650. The third kappa shape index (κ3) is 2.48. The van der Waals surface area contributed by atoms with Gasteiger partial charge in [0, 0.05) is 19.5 Å². The highest BCUT2D eigenvalue weighted by Crippen LogP contribution is 2.29. The van der Waals surface area contributed by atoms with Gasteiger partial charge in [0.15, 0.2) is 0 Å². The van der Waals surface area contributed by atoms with Crippen LogP contribution >= 0.6 is 0 Å². The Bertz CT molecular complexity index is 435. The van der Waals surface area contributed by atoms with E-state index < -0.39 is 0 Å². The number of hydrogen-bond donors (Lipinski definition) is 1. The first kappa shape index (κ1) is 12.1. The zero-order valence-electron chi connectivity index (χ0n) is 10.6. The predicted molar refractivity (Wildman–Crippen MR) is 67.3 cm³/mol. The molecule has 0 spiro atoms. The first-order valence-electron chi connectivity index (χ1n) is 6.41. The molecule has 1 saturated carbocycles. The Kier molecular flexibility index (Phi) is 3.76. The number of hydrogen-bond acceptors (Lipinski definition) is 4. The van der Waals surface area contributed by atoms with Gasteiger partial charge >= 0.3 is 0 Å². The van der Waals surface area contributed by atoms with Crippen LogP contribution in [-0.4, -0.2) is 21.3 Å². The van der Waals surface area contributed by atoms with Crippen LogP contribution in [-0.2, 0) is 7.05 Å². The minimum absolute atomic E-state index is 0.00264. The minimum Gasteiger partial charge on any atom is -0.355 e. The van der Waals surface area contributed by atoms with Gasteiger partial charge in [-0.05, 0) is 19.8 Å². The Hall–Kier alpha value is -1.39. The van der Waals surface area contributed by atoms with Gasteiger partial charge in [-0.1, -0.05) is 19.3 Å². The molecule has 0 aromatic carbocycles. The summed E-state index contributed by atoms with van der Waals surface area (Å²) in [4.78, 5) is 12.2. The van der Waals surface area contributed by atoms with Gasteiger partial charge in [0.25, 0.3) is 5.56 Å². The van der Waals surface area contributed by atoms with Crippen LogP contribution < -0.4 is 10.9 Å². The highest BCUT2D eigenvalue weighted by molar-refractivity contribution is 5.24. The molecule has 1 fully saturated rings. The third-order valence-corrected chi connectivity index (χ3v) is 3.42. The molecule has 0 saturated heterocycles. The lowest BCUT2D eigenvalue weighted by molar-refractivity contribution is 0.428. The molecular formula is C12H20N4O. The molecule has 1 aliphatic rings. The molecule has 1 heterocycles. The van der Waals surface area contributed by atoms with E-state index in [0.29, 0.717) is 17.6 Å². The second kappa shape index (κ2) is 5.29. The van der Waals surface area contributed by atoms with Crippen molar-refractivity contribution in [2.45, 2.75) is 44.9 Å². The molecule has 0 unspecified atom stereocenters. The van der Waals surface area contributed by atoms with Crippen molar-refractivity contribution in [3.05, 3.63) is 16.0 Å². The van der Waals surface area contributed by atoms with Crippen LogP contribution in [0.4, 0.5) is 5.95 Å². The van der Waals surface area contributed by atoms with E-state index in [9.17, 15) is 4.79 Å². The smallest absolute Gasteiger partial charge is 0.276 e. The van der Waals surface area contributed by atoms with Gasteiger partial charge in [-0.3, -0.25) is 9.36 Å². The number of aromatic nitrogens is 3. The number of rotatable bonds is 3. The van der Waals surface area contributed by atoms with Crippen molar-refractivity contribution in [2.75, 3.05) is 11.9 Å². The van der Waals surface area contributed by atoms with E-state index in [1.807, 2.05) is 6.92 Å². The Morgan fingerprint density at radius 2 is 2.00 bits per heavy atom. The summed E-state index contributed by atoms with van der Waals surface area (Å²) >= 11 is 0. The summed E-state index contributed by atoms with van der Waals surface area (Å²) in [5.74, 6) is 0.864. The number of nitrogens with one attached hydrogen (secondary N) is 1. The Morgan fingerprint density at radius 3 is 2.65 bits per heavy atom. The molecule has 1 N–H and O–H groups in total. The maximum absolute atomic E-state index is 12.2. The number of anilines is 1. The topological polar surface area (TPSA) is 59.8 Å². The molecule has 5 nitrogen and oxygen atoms in total. The normalized spacial score (nSPS) is 17.1. The summed E-state index contributed by atoms with van der Waals surface area (Å²) in [5, 5.41) is 11.3. The first-order valence-corrected chi connectivity index (χ1v) is 6.41. The van der Waals surface area contributed by atoms with Gasteiger partial charge in [-0.15, -0.1) is 10.2 Å². The zero-order chi connectivity index (χ0) is 12.3. The van der Waals surface area contributed by atoms with Crippen LogP contribution in [0.5, 0.6) is 0 Å². The molecule has 0 atom stereocenters. The molecule has 0 bridgehead atoms. The van der Waals surface area contributed by atoms with E-state index in [1.54, 1.807) is 11.6 Å². The van der Waals surface area contributed by atoms with Gasteiger partial charge in [0.05, 0.1) is 0 Å². The molecule has 1 aliphatic carbocycles. The van der Waals surface area contributed by atoms with Crippen LogP contribution in [0.3, 0.4) is 0 Å². The minimum atomic E-state index is 0.00264. The van der Waals surface area contributed by atoms with Crippen LogP contribution in [0.25, 0.3) is 0 Å². The monoisotopic (exact) mass is 236 g/mol. The van der Waals surface area contributed by atoms with E-state index in [-0.39, 0.29) is 5.56 Å². The van der Waals surface area contributed by atoms with Gasteiger partial charge in [0.1, 0.15) is 5.69 Å². The maximum Gasteiger partial charge on any atom is 0.276 e. The van der Waals surface area contributed by atoms with Crippen molar-refractivity contribution >= 4 is 5.95 Å². The molecule has 0 radical (unpaired) electrons. The Morgan fingerprint density at radius 1 is 1.29 bits per heavy atom. The molecule has 0 aliphatic heterocycles. The lowest BCUT2D eigenvalue weighted by Gasteiger charge is -2.20. The van der Waals surface area contributed by atoms with Crippen LogP contribution in [0.2, 0.25) is 0 Å². The van der Waals surface area contributed by atoms with E-state index in [4.69, 9.17) is 0 Å². The van der Waals surface area contributed by atoms with Crippen LogP contribution in [0, 0.1) is 0 Å². The molecule has 5 heteroatoms. The fourth-order valence-electron chi connectivity index (χ4n) is 2.42. The average molecular weight is 236 g/mol. The Labute approximate surface area is 101 Å². The molecule has 94 valence electrons. The predicted octanol–water partition coefficient (Wildman–Crippen LogP) is 1.65. The molecular weight excluding hydrogens is 216 g/mol. The largest absolute Gasteiger partial charge is 0.355 e. The third-order valence-electron chi connectivity index (χ3n) is 3.42. The maximum atomic E-state index is 12.2. The van der Waals surface area contributed by atoms with Crippen molar-refractivity contribution in [2.24, 2.45) is 7.05 Å². The molecule has 1 aromatic rings. The number of nitrogens with zero attached hydrogens (tertiary/aromatic N) is 3. The zero-order valence-corrected chi connectivity index (χ0v) is 10.6. The van der Waals surface area contributed by atoms with Crippen molar-refractivity contribution in [3.8, 4) is 0 Å². The van der Waals surface area contributed by atoms with Crippen molar-refractivity contribution in [1.29, 1.82) is 0 Å². The van der Waals surface area contributed by atoms with E-state index >= 15 is 0 Å². The van der Waals surface area contributed by atoms with Gasteiger partial charge in [0.2, 0.25) is 5.95 Å². The average Bonchev–Trinajstić information content (AvgIpc) is 2.36. The fourth-order valence-corrected chi connectivity index (χ4v) is 2.42. The van der Waals surface area contributed by atoms with Crippen molar-refractivity contribution in [3.63, 3.8) is 0 Å². The lowest BCUT2D eigenvalue weighted by Crippen LogP contribution is -2.29. The van der Waals surface area contributed by atoms with Crippen molar-refractivity contribution < 1.29 is 0 Å². The summed E-state index contributed by atoms with van der Waals surface area (Å²) in [6, 6.07) is 0. The SMILES string of the molecule is CCNc1nnc(C2CCCCC2)c(=O)n1C. The van der Waals surface area contributed by atoms with E-state index in [1.165, 1.54) is 19.3 Å². The quantitative estimate of drug-likeness (QED) is 0.867. The summed E-state index contributed by atoms with van der Waals surface area (Å²) in [6.07, 6.45) is 5.82. The highest BCUT2D eigenvalue weighted by atomic mass is 16.1. The summed E-state index contributed by atoms with van der Waals surface area (Å²) in [7, 11) is 1.75. The fraction of sp³-hybridized carbons (Fsp3) is 0.750. The van der Waals surface area contributed by atoms with Gasteiger partial charge in [-0.25, -0.2) is 0 Å². The van der Waals surface area contributed by atoms with Gasteiger partial charge in [-0.2, -0.15) is 0 Å². The van der Waals surface area contributed by atoms with Gasteiger partial charge < -0.3 is 5.32 Å². The molecule has 0 amide bonds. The summed E-state index contributed by atoms with van der Waals surface area (Å²) in [6.45, 7) is 2.71. The second-order valence-electron chi connectivity index (χ2n) is 4.64. The highest BCUT2D eigenvalue weighted by Gasteiger charge is 2.21. The van der Waals surface area contributed by atoms with E-state index in [2.05, 4.69) is 15.5 Å². The molecule has 17 heavy (non-hydrogen) atoms. The standard InChI is InChI=1S/C12H20N4O/c1-3-13-12-15-14-10(11(17)16(12)2)9-7-5-4-6-8-9/h9H,3-8H2,1-2H3,(H,13,15).